The Balaban J connectivity index is 0. The third-order valence-corrected chi connectivity index (χ3v) is 3.70. The van der Waals surface area contributed by atoms with Crippen LogP contribution < -0.4 is 16.4 Å². The van der Waals surface area contributed by atoms with Crippen molar-refractivity contribution in [2.45, 2.75) is 60.8 Å². The molecule has 0 saturated heterocycles. The van der Waals surface area contributed by atoms with E-state index in [1.807, 2.05) is 46.8 Å². The molecule has 0 radical (unpaired) electrons. The number of hydrogen-bond donors (Lipinski definition) is 4. The summed E-state index contributed by atoms with van der Waals surface area (Å²) in [5.41, 5.74) is 7.70. The fourth-order valence-electron chi connectivity index (χ4n) is 2.26. The summed E-state index contributed by atoms with van der Waals surface area (Å²) in [5.74, 6) is -0.467. The number of benzene rings is 1. The smallest absolute Gasteiger partial charge is 0.251 e. The molecule has 0 fully saturated rings. The van der Waals surface area contributed by atoms with Crippen LogP contribution in [-0.4, -0.2) is 30.6 Å². The molecule has 0 unspecified atom stereocenters. The monoisotopic (exact) mass is 434 g/mol. The second kappa shape index (κ2) is 19.0. The maximum atomic E-state index is 12.1. The van der Waals surface area contributed by atoms with Gasteiger partial charge in [0.15, 0.2) is 0 Å². The van der Waals surface area contributed by atoms with Gasteiger partial charge in [-0.1, -0.05) is 39.0 Å². The van der Waals surface area contributed by atoms with Crippen LogP contribution in [0.4, 0.5) is 10.1 Å². The zero-order valence-electron chi connectivity index (χ0n) is 19.8. The molecule has 7 heteroatoms. The van der Waals surface area contributed by atoms with Crippen molar-refractivity contribution in [3.8, 4) is 0 Å². The predicted octanol–water partition coefficient (Wildman–Crippen LogP) is 5.15. The normalized spacial score (nSPS) is 10.4. The van der Waals surface area contributed by atoms with E-state index in [0.717, 1.165) is 6.42 Å². The van der Waals surface area contributed by atoms with E-state index in [2.05, 4.69) is 10.6 Å². The van der Waals surface area contributed by atoms with E-state index in [0.29, 0.717) is 35.5 Å². The van der Waals surface area contributed by atoms with E-state index in [9.17, 15) is 14.0 Å². The van der Waals surface area contributed by atoms with Crippen molar-refractivity contribution in [3.05, 3.63) is 53.4 Å². The number of anilines is 1. The Bertz CT molecular complexity index is 739. The molecule has 31 heavy (non-hydrogen) atoms. The van der Waals surface area contributed by atoms with E-state index in [-0.39, 0.29) is 30.6 Å². The lowest BCUT2D eigenvalue weighted by Gasteiger charge is -2.10. The van der Waals surface area contributed by atoms with Crippen molar-refractivity contribution in [3.63, 3.8) is 0 Å². The third-order valence-electron chi connectivity index (χ3n) is 3.70. The maximum absolute atomic E-state index is 12.1. The second-order valence-corrected chi connectivity index (χ2v) is 6.21. The van der Waals surface area contributed by atoms with Crippen molar-refractivity contribution < 1.29 is 14.0 Å². The van der Waals surface area contributed by atoms with Crippen LogP contribution in [0.25, 0.3) is 0 Å². The summed E-state index contributed by atoms with van der Waals surface area (Å²) in [7, 11) is 0. The second-order valence-electron chi connectivity index (χ2n) is 6.21. The minimum Gasteiger partial charge on any atom is -0.398 e. The van der Waals surface area contributed by atoms with E-state index in [4.69, 9.17) is 11.1 Å². The van der Waals surface area contributed by atoms with Gasteiger partial charge in [0.25, 0.3) is 5.91 Å². The number of nitrogen functional groups attached to an aromatic ring is 1. The van der Waals surface area contributed by atoms with E-state index in [1.165, 1.54) is 6.92 Å². The van der Waals surface area contributed by atoms with Gasteiger partial charge in [-0.15, -0.1) is 0 Å². The SMILES string of the molecule is C/C=C\CC(=N)c1cc(C(=O)NCCC(=O)NCC)ccc1N.CC.CC/C=C(\C)F. The standard InChI is InChI=1S/C17H24N4O2.C5H9F.C2H6/c1-3-5-6-14(18)13-11-12(7-8-15(13)19)17(23)21-10-9-16(22)20-4-2;1-3-4-5(2)6;1-2/h3,5,7-8,11,18H,4,6,9-10,19H2,1-2H3,(H,20,22)(H,21,23);4H,3H2,1-2H3;1-2H3/b5-3-,18-14?;5-4+;. The van der Waals surface area contributed by atoms with Crippen LogP contribution in [0.3, 0.4) is 0 Å². The Kier molecular flexibility index (Phi) is 18.6. The van der Waals surface area contributed by atoms with Crippen LogP contribution in [0.2, 0.25) is 0 Å². The van der Waals surface area contributed by atoms with Gasteiger partial charge in [0.1, 0.15) is 0 Å². The minimum atomic E-state index is -0.283. The third kappa shape index (κ3) is 14.6. The van der Waals surface area contributed by atoms with Gasteiger partial charge in [0.05, 0.1) is 5.83 Å². The van der Waals surface area contributed by atoms with E-state index in [1.54, 1.807) is 24.3 Å². The van der Waals surface area contributed by atoms with Crippen molar-refractivity contribution in [2.75, 3.05) is 18.8 Å². The van der Waals surface area contributed by atoms with E-state index >= 15 is 0 Å². The number of nitrogens with two attached hydrogens (primary N) is 1. The van der Waals surface area contributed by atoms with Gasteiger partial charge in [0, 0.05) is 48.5 Å². The zero-order chi connectivity index (χ0) is 24.2. The highest BCUT2D eigenvalue weighted by molar-refractivity contribution is 6.06. The molecule has 0 aliphatic rings. The first-order chi connectivity index (χ1) is 14.8. The number of rotatable bonds is 9. The number of hydrogen-bond acceptors (Lipinski definition) is 4. The van der Waals surface area contributed by atoms with Gasteiger partial charge in [-0.05, 0) is 45.4 Å². The molecule has 0 heterocycles. The fourth-order valence-corrected chi connectivity index (χ4v) is 2.26. The van der Waals surface area contributed by atoms with Crippen LogP contribution in [0.5, 0.6) is 0 Å². The summed E-state index contributed by atoms with van der Waals surface area (Å²) in [6.45, 7) is 11.9. The number of nitrogens with one attached hydrogen (secondary N) is 3. The summed E-state index contributed by atoms with van der Waals surface area (Å²) < 4.78 is 11.6. The topological polar surface area (TPSA) is 108 Å². The molecule has 0 saturated carbocycles. The maximum Gasteiger partial charge on any atom is 0.251 e. The molecule has 6 nitrogen and oxygen atoms in total. The molecule has 0 atom stereocenters. The van der Waals surface area contributed by atoms with Crippen LogP contribution in [0.1, 0.15) is 76.7 Å². The molecule has 0 spiro atoms. The molecule has 2 amide bonds. The molecule has 174 valence electrons. The molecule has 1 aromatic rings. The molecule has 0 aliphatic heterocycles. The Morgan fingerprint density at radius 2 is 1.84 bits per heavy atom. The number of amides is 2. The van der Waals surface area contributed by atoms with Crippen molar-refractivity contribution in [1.82, 2.24) is 10.6 Å². The number of carbonyl (C=O) groups is 2. The molecule has 1 aromatic carbocycles. The van der Waals surface area contributed by atoms with Gasteiger partial charge < -0.3 is 21.8 Å². The molecule has 0 bridgehead atoms. The molecular formula is C24H39FN4O2. The Morgan fingerprint density at radius 1 is 1.19 bits per heavy atom. The first-order valence-electron chi connectivity index (χ1n) is 10.7. The van der Waals surface area contributed by atoms with Gasteiger partial charge in [0.2, 0.25) is 5.91 Å². The molecular weight excluding hydrogens is 395 g/mol. The largest absolute Gasteiger partial charge is 0.398 e. The van der Waals surface area contributed by atoms with Gasteiger partial charge in [-0.2, -0.15) is 0 Å². The van der Waals surface area contributed by atoms with Gasteiger partial charge in [-0.25, -0.2) is 4.39 Å². The first-order valence-corrected chi connectivity index (χ1v) is 10.7. The molecule has 1 rings (SSSR count). The van der Waals surface area contributed by atoms with Crippen molar-refractivity contribution in [1.29, 1.82) is 5.41 Å². The van der Waals surface area contributed by atoms with Crippen LogP contribution in [0, 0.1) is 5.41 Å². The number of carbonyl (C=O) groups excluding carboxylic acids is 2. The lowest BCUT2D eigenvalue weighted by atomic mass is 10.0. The minimum absolute atomic E-state index is 0.0856. The van der Waals surface area contributed by atoms with Crippen molar-refractivity contribution in [2.24, 2.45) is 0 Å². The quantitative estimate of drug-likeness (QED) is 0.245. The Hall–Kier alpha value is -2.96. The predicted molar refractivity (Wildman–Crippen MR) is 129 cm³/mol. The zero-order valence-corrected chi connectivity index (χ0v) is 19.8. The lowest BCUT2D eigenvalue weighted by molar-refractivity contribution is -0.120. The molecule has 0 aromatic heterocycles. The number of halogens is 1. The highest BCUT2D eigenvalue weighted by atomic mass is 19.1. The van der Waals surface area contributed by atoms with Gasteiger partial charge in [-0.3, -0.25) is 9.59 Å². The summed E-state index contributed by atoms with van der Waals surface area (Å²) in [4.78, 5) is 23.5. The summed E-state index contributed by atoms with van der Waals surface area (Å²) in [6.07, 6.45) is 6.76. The van der Waals surface area contributed by atoms with Crippen LogP contribution in [0.15, 0.2) is 42.3 Å². The van der Waals surface area contributed by atoms with Crippen LogP contribution >= 0.6 is 0 Å². The lowest BCUT2D eigenvalue weighted by Crippen LogP contribution is -2.30. The molecule has 5 N–H and O–H groups in total. The average molecular weight is 435 g/mol. The Morgan fingerprint density at radius 3 is 2.32 bits per heavy atom. The van der Waals surface area contributed by atoms with Gasteiger partial charge >= 0.3 is 0 Å². The highest BCUT2D eigenvalue weighted by Gasteiger charge is 2.11. The summed E-state index contributed by atoms with van der Waals surface area (Å²) >= 11 is 0. The van der Waals surface area contributed by atoms with Crippen LogP contribution in [-0.2, 0) is 4.79 Å². The average Bonchev–Trinajstić information content (AvgIpc) is 2.74. The summed E-state index contributed by atoms with van der Waals surface area (Å²) in [6, 6.07) is 4.85. The fraction of sp³-hybridized carbons (Fsp3) is 0.458. The van der Waals surface area contributed by atoms with E-state index < -0.39 is 0 Å². The number of allylic oxidation sites excluding steroid dienone is 4. The van der Waals surface area contributed by atoms with Crippen molar-refractivity contribution >= 4 is 23.2 Å². The summed E-state index contributed by atoms with van der Waals surface area (Å²) in [5, 5.41) is 13.4. The first kappa shape index (κ1) is 30.2. The highest BCUT2D eigenvalue weighted by Crippen LogP contribution is 2.16. The Labute approximate surface area is 186 Å². The molecule has 0 aliphatic carbocycles.